The average molecular weight is 370 g/mol. The highest BCUT2D eigenvalue weighted by Gasteiger charge is 2.20. The first-order chi connectivity index (χ1) is 12.0. The minimum absolute atomic E-state index is 0.296. The topological polar surface area (TPSA) is 0 Å². The highest BCUT2D eigenvalue weighted by molar-refractivity contribution is 8.12. The van der Waals surface area contributed by atoms with Crippen LogP contribution in [-0.4, -0.2) is 13.3 Å². The number of hydrogen-bond acceptors (Lipinski definition) is 0. The molecule has 1 atom stereocenters. The van der Waals surface area contributed by atoms with Crippen LogP contribution in [0.2, 0.25) is 0 Å². The molecule has 1 fully saturated rings. The predicted molar refractivity (Wildman–Crippen MR) is 120 cm³/mol. The number of aryl methyl sites for hydroxylation is 1. The van der Waals surface area contributed by atoms with Gasteiger partial charge in [0.05, 0.1) is 0 Å². The van der Waals surface area contributed by atoms with Gasteiger partial charge in [0.2, 0.25) is 0 Å². The molecule has 25 heavy (non-hydrogen) atoms. The Labute approximate surface area is 158 Å². The van der Waals surface area contributed by atoms with Crippen LogP contribution >= 0.6 is 16.5 Å². The Kier molecular flexibility index (Phi) is 8.35. The summed E-state index contributed by atoms with van der Waals surface area (Å²) in [6.45, 7) is 10.5. The van der Waals surface area contributed by atoms with E-state index in [1.807, 2.05) is 0 Å². The third-order valence-electron chi connectivity index (χ3n) is 4.87. The highest BCUT2D eigenvalue weighted by atomic mass is 32.0. The third kappa shape index (κ3) is 6.69. The lowest BCUT2D eigenvalue weighted by Crippen LogP contribution is -2.11. The zero-order valence-electron chi connectivity index (χ0n) is 15.9. The number of benzene rings is 2. The summed E-state index contributed by atoms with van der Waals surface area (Å²) in [5, 5.41) is 0. The largest absolute Gasteiger partial charge is 0.112 e. The van der Waals surface area contributed by atoms with Gasteiger partial charge in [-0.3, -0.25) is 0 Å². The summed E-state index contributed by atoms with van der Waals surface area (Å²) in [5.74, 6) is 1.49. The Bertz CT molecular complexity index is 630. The van der Waals surface area contributed by atoms with Gasteiger partial charge >= 0.3 is 0 Å². The molecule has 2 aromatic rings. The lowest BCUT2D eigenvalue weighted by atomic mass is 9.78. The van der Waals surface area contributed by atoms with E-state index in [1.54, 1.807) is 0 Å². The molecule has 0 aliphatic heterocycles. The Morgan fingerprint density at radius 2 is 1.32 bits per heavy atom. The second-order valence-electron chi connectivity index (χ2n) is 7.30. The van der Waals surface area contributed by atoms with E-state index in [-0.39, 0.29) is 0 Å². The molecule has 1 saturated carbocycles. The van der Waals surface area contributed by atoms with Gasteiger partial charge in [-0.05, 0) is 74.5 Å². The van der Waals surface area contributed by atoms with Crippen molar-refractivity contribution in [3.05, 3.63) is 72.3 Å². The van der Waals surface area contributed by atoms with Crippen molar-refractivity contribution in [3.63, 3.8) is 0 Å². The van der Waals surface area contributed by atoms with Gasteiger partial charge in [-0.15, -0.1) is 15.5 Å². The van der Waals surface area contributed by atoms with Gasteiger partial charge in [-0.25, -0.2) is 0 Å². The van der Waals surface area contributed by atoms with E-state index in [0.29, 0.717) is 7.61 Å². The van der Waals surface area contributed by atoms with E-state index in [2.05, 4.69) is 90.4 Å². The van der Waals surface area contributed by atoms with Gasteiger partial charge < -0.3 is 0 Å². The van der Waals surface area contributed by atoms with Gasteiger partial charge in [-0.2, -0.15) is 0 Å². The van der Waals surface area contributed by atoms with Crippen LogP contribution in [0.1, 0.15) is 42.7 Å². The average Bonchev–Trinajstić information content (AvgIpc) is 2.62. The molecule has 3 rings (SSSR count). The molecule has 0 nitrogen and oxygen atoms in total. The molecule has 0 bridgehead atoms. The summed E-state index contributed by atoms with van der Waals surface area (Å²) in [6.07, 6.45) is 7.35. The molecule has 0 amide bonds. The molecule has 1 unspecified atom stereocenters. The first-order valence-corrected chi connectivity index (χ1v) is 13.1. The summed E-state index contributed by atoms with van der Waals surface area (Å²) in [5.41, 5.74) is 5.45. The van der Waals surface area contributed by atoms with Crippen LogP contribution in [0.25, 0.3) is 11.1 Å². The smallest absolute Gasteiger partial charge is 0.0162 e. The highest BCUT2D eigenvalue weighted by Crippen LogP contribution is 2.36. The SMILES string of the molecule is C=CC1CCC(c2ccc(-c3ccc(C)cc3)cc2)CC1.CP(C)P. The van der Waals surface area contributed by atoms with Crippen molar-refractivity contribution in [1.82, 2.24) is 0 Å². The fourth-order valence-corrected chi connectivity index (χ4v) is 3.38. The zero-order valence-corrected chi connectivity index (χ0v) is 18.0. The summed E-state index contributed by atoms with van der Waals surface area (Å²) in [7, 11) is 3.02. The molecule has 0 N–H and O–H groups in total. The van der Waals surface area contributed by atoms with E-state index in [4.69, 9.17) is 0 Å². The van der Waals surface area contributed by atoms with Gasteiger partial charge in [0.25, 0.3) is 0 Å². The van der Waals surface area contributed by atoms with Crippen LogP contribution in [0.5, 0.6) is 0 Å². The van der Waals surface area contributed by atoms with E-state index in [9.17, 15) is 0 Å². The minimum atomic E-state index is 0.296. The summed E-state index contributed by atoms with van der Waals surface area (Å²) in [6, 6.07) is 18.0. The Balaban J connectivity index is 0.000000511. The molecule has 2 heteroatoms. The Hall–Kier alpha value is -0.960. The Morgan fingerprint density at radius 1 is 0.880 bits per heavy atom. The molecule has 134 valence electrons. The zero-order chi connectivity index (χ0) is 18.2. The van der Waals surface area contributed by atoms with Crippen molar-refractivity contribution < 1.29 is 0 Å². The molecule has 0 saturated heterocycles. The molecule has 0 aromatic heterocycles. The number of rotatable bonds is 3. The second-order valence-corrected chi connectivity index (χ2v) is 12.3. The Morgan fingerprint density at radius 3 is 1.76 bits per heavy atom. The van der Waals surface area contributed by atoms with Crippen molar-refractivity contribution >= 4 is 16.5 Å². The first-order valence-electron chi connectivity index (χ1n) is 9.21. The van der Waals surface area contributed by atoms with Gasteiger partial charge in [0.1, 0.15) is 0 Å². The monoisotopic (exact) mass is 370 g/mol. The molecule has 1 aliphatic carbocycles. The lowest BCUT2D eigenvalue weighted by molar-refractivity contribution is 0.376. The second kappa shape index (κ2) is 10.3. The van der Waals surface area contributed by atoms with Crippen molar-refractivity contribution in [1.29, 1.82) is 0 Å². The normalized spacial score (nSPS) is 19.9. The van der Waals surface area contributed by atoms with E-state index >= 15 is 0 Å². The van der Waals surface area contributed by atoms with Crippen molar-refractivity contribution in [3.8, 4) is 11.1 Å². The van der Waals surface area contributed by atoms with Crippen LogP contribution < -0.4 is 0 Å². The third-order valence-corrected chi connectivity index (χ3v) is 4.87. The molecule has 0 radical (unpaired) electrons. The fraction of sp³-hybridized carbons (Fsp3) is 0.391. The van der Waals surface area contributed by atoms with Crippen molar-refractivity contribution in [2.45, 2.75) is 38.5 Å². The van der Waals surface area contributed by atoms with Crippen molar-refractivity contribution in [2.75, 3.05) is 13.3 Å². The molecule has 0 heterocycles. The fourth-order valence-electron chi connectivity index (χ4n) is 3.38. The minimum Gasteiger partial charge on any atom is -0.112 e. The van der Waals surface area contributed by atoms with Gasteiger partial charge in [0, 0.05) is 0 Å². The maximum Gasteiger partial charge on any atom is -0.0162 e. The molecular weight excluding hydrogens is 338 g/mol. The maximum atomic E-state index is 3.93. The predicted octanol–water partition coefficient (Wildman–Crippen LogP) is 7.64. The molecule has 1 aliphatic rings. The van der Waals surface area contributed by atoms with Crippen LogP contribution in [-0.2, 0) is 0 Å². The maximum absolute atomic E-state index is 3.93. The standard InChI is InChI=1S/C21H24.C2H8P2/c1-3-17-6-10-19(11-7-17)21-14-12-20(13-15-21)18-8-4-16(2)5-9-18;1-4(2)3/h3-5,8-9,12-15,17,19H,1,6-7,10-11H2,2H3;3H2,1-2H3. The van der Waals surface area contributed by atoms with Crippen LogP contribution in [0.4, 0.5) is 0 Å². The van der Waals surface area contributed by atoms with Crippen LogP contribution in [0.15, 0.2) is 61.2 Å². The molecular formula is C23H32P2. The van der Waals surface area contributed by atoms with Gasteiger partial charge in [-0.1, -0.05) is 67.8 Å². The molecule has 0 spiro atoms. The molecule has 2 aromatic carbocycles. The quantitative estimate of drug-likeness (QED) is 0.385. The van der Waals surface area contributed by atoms with E-state index in [0.717, 1.165) is 11.8 Å². The number of allylic oxidation sites excluding steroid dienone is 1. The number of hydrogen-bond donors (Lipinski definition) is 0. The van der Waals surface area contributed by atoms with E-state index < -0.39 is 0 Å². The summed E-state index contributed by atoms with van der Waals surface area (Å²) < 4.78 is 0. The summed E-state index contributed by atoms with van der Waals surface area (Å²) in [4.78, 5) is 0. The van der Waals surface area contributed by atoms with Gasteiger partial charge in [0.15, 0.2) is 0 Å². The van der Waals surface area contributed by atoms with Crippen LogP contribution in [0, 0.1) is 12.8 Å². The summed E-state index contributed by atoms with van der Waals surface area (Å²) >= 11 is 0. The van der Waals surface area contributed by atoms with E-state index in [1.165, 1.54) is 47.9 Å². The lowest BCUT2D eigenvalue weighted by Gasteiger charge is -2.27. The van der Waals surface area contributed by atoms with Crippen molar-refractivity contribution in [2.24, 2.45) is 5.92 Å². The first kappa shape index (κ1) is 20.4. The van der Waals surface area contributed by atoms with Crippen LogP contribution in [0.3, 0.4) is 0 Å².